The van der Waals surface area contributed by atoms with Gasteiger partial charge in [-0.25, -0.2) is 0 Å². The molecule has 0 aliphatic rings. The number of carbonyl (C=O) groups is 1. The number of rotatable bonds is 4. The largest absolute Gasteiger partial charge is 0.366 e. The summed E-state index contributed by atoms with van der Waals surface area (Å²) in [7, 11) is 3.34. The SMILES string of the molecule is CC(=N)COCC(=O)N(C)C. The topological polar surface area (TPSA) is 53.4 Å². The van der Waals surface area contributed by atoms with Crippen LogP contribution in [0.4, 0.5) is 0 Å². The first-order valence-electron chi connectivity index (χ1n) is 3.36. The van der Waals surface area contributed by atoms with Gasteiger partial charge in [-0.1, -0.05) is 0 Å². The fraction of sp³-hybridized carbons (Fsp3) is 0.714. The predicted octanol–water partition coefficient (Wildman–Crippen LogP) is 0.131. The highest BCUT2D eigenvalue weighted by atomic mass is 16.5. The molecule has 0 aliphatic heterocycles. The quantitative estimate of drug-likeness (QED) is 0.591. The Labute approximate surface area is 66.6 Å². The molecule has 0 aliphatic carbocycles. The van der Waals surface area contributed by atoms with Crippen LogP contribution < -0.4 is 0 Å². The fourth-order valence-corrected chi connectivity index (χ4v) is 0.421. The number of hydrogen-bond donors (Lipinski definition) is 1. The smallest absolute Gasteiger partial charge is 0.248 e. The average molecular weight is 158 g/mol. The van der Waals surface area contributed by atoms with Gasteiger partial charge in [0.15, 0.2) is 0 Å². The van der Waals surface area contributed by atoms with E-state index < -0.39 is 0 Å². The van der Waals surface area contributed by atoms with Gasteiger partial charge < -0.3 is 15.0 Å². The van der Waals surface area contributed by atoms with Crippen molar-refractivity contribution in [2.24, 2.45) is 0 Å². The van der Waals surface area contributed by atoms with Crippen LogP contribution in [-0.2, 0) is 9.53 Å². The van der Waals surface area contributed by atoms with Gasteiger partial charge >= 0.3 is 0 Å². The molecule has 0 saturated carbocycles. The molecule has 4 heteroatoms. The Balaban J connectivity index is 3.39. The maximum absolute atomic E-state index is 10.9. The Morgan fingerprint density at radius 3 is 2.36 bits per heavy atom. The molecule has 4 nitrogen and oxygen atoms in total. The van der Waals surface area contributed by atoms with E-state index in [0.29, 0.717) is 5.71 Å². The number of carbonyl (C=O) groups excluding carboxylic acids is 1. The summed E-state index contributed by atoms with van der Waals surface area (Å²) in [4.78, 5) is 12.3. The Morgan fingerprint density at radius 1 is 1.45 bits per heavy atom. The van der Waals surface area contributed by atoms with Crippen LogP contribution in [0.3, 0.4) is 0 Å². The van der Waals surface area contributed by atoms with E-state index in [1.54, 1.807) is 21.0 Å². The number of amides is 1. The summed E-state index contributed by atoms with van der Waals surface area (Å²) in [5.74, 6) is -0.0775. The monoisotopic (exact) mass is 158 g/mol. The second kappa shape index (κ2) is 4.85. The van der Waals surface area contributed by atoms with Crippen LogP contribution >= 0.6 is 0 Å². The van der Waals surface area contributed by atoms with Crippen LogP contribution in [0.2, 0.25) is 0 Å². The molecule has 11 heavy (non-hydrogen) atoms. The lowest BCUT2D eigenvalue weighted by molar-refractivity contribution is -0.132. The standard InChI is InChI=1S/C7H14N2O2/c1-6(8)4-11-5-7(10)9(2)3/h8H,4-5H2,1-3H3. The minimum Gasteiger partial charge on any atom is -0.366 e. The summed E-state index contributed by atoms with van der Waals surface area (Å²) in [6.07, 6.45) is 0. The van der Waals surface area contributed by atoms with Crippen molar-refractivity contribution in [1.29, 1.82) is 5.41 Å². The number of hydrogen-bond acceptors (Lipinski definition) is 3. The van der Waals surface area contributed by atoms with Gasteiger partial charge in [-0.15, -0.1) is 0 Å². The van der Waals surface area contributed by atoms with Crippen LogP contribution in [0, 0.1) is 5.41 Å². The highest BCUT2D eigenvalue weighted by Gasteiger charge is 2.02. The Morgan fingerprint density at radius 2 is 2.00 bits per heavy atom. The van der Waals surface area contributed by atoms with Gasteiger partial charge in [-0.3, -0.25) is 4.79 Å². The third kappa shape index (κ3) is 5.54. The van der Waals surface area contributed by atoms with Crippen molar-refractivity contribution in [2.75, 3.05) is 27.3 Å². The van der Waals surface area contributed by atoms with Crippen LogP contribution in [0.25, 0.3) is 0 Å². The number of ether oxygens (including phenoxy) is 1. The Kier molecular flexibility index (Phi) is 4.45. The third-order valence-electron chi connectivity index (χ3n) is 1.04. The Bertz CT molecular complexity index is 155. The number of likely N-dealkylation sites (N-methyl/N-ethyl adjacent to an activating group) is 1. The van der Waals surface area contributed by atoms with E-state index in [1.165, 1.54) is 4.90 Å². The maximum atomic E-state index is 10.9. The van der Waals surface area contributed by atoms with Gasteiger partial charge in [0.05, 0.1) is 6.61 Å². The van der Waals surface area contributed by atoms with E-state index in [-0.39, 0.29) is 19.1 Å². The third-order valence-corrected chi connectivity index (χ3v) is 1.04. The molecule has 0 fully saturated rings. The van der Waals surface area contributed by atoms with E-state index in [9.17, 15) is 4.79 Å². The molecule has 64 valence electrons. The highest BCUT2D eigenvalue weighted by molar-refractivity contribution is 5.81. The fourth-order valence-electron chi connectivity index (χ4n) is 0.421. The lowest BCUT2D eigenvalue weighted by Gasteiger charge is -2.09. The molecule has 1 amide bonds. The van der Waals surface area contributed by atoms with Gasteiger partial charge in [-0.2, -0.15) is 0 Å². The van der Waals surface area contributed by atoms with Crippen molar-refractivity contribution < 1.29 is 9.53 Å². The number of nitrogens with zero attached hydrogens (tertiary/aromatic N) is 1. The van der Waals surface area contributed by atoms with Gasteiger partial charge in [-0.05, 0) is 6.92 Å². The normalized spacial score (nSPS) is 9.36. The van der Waals surface area contributed by atoms with Gasteiger partial charge in [0.2, 0.25) is 5.91 Å². The van der Waals surface area contributed by atoms with Gasteiger partial charge in [0, 0.05) is 19.8 Å². The average Bonchev–Trinajstić information content (AvgIpc) is 1.86. The summed E-state index contributed by atoms with van der Waals surface area (Å²) in [5, 5.41) is 7.00. The molecule has 0 aromatic rings. The van der Waals surface area contributed by atoms with Crippen molar-refractivity contribution in [1.82, 2.24) is 4.90 Å². The van der Waals surface area contributed by atoms with Gasteiger partial charge in [0.25, 0.3) is 0 Å². The molecular weight excluding hydrogens is 144 g/mol. The molecule has 0 unspecified atom stereocenters. The van der Waals surface area contributed by atoms with E-state index in [1.807, 2.05) is 0 Å². The van der Waals surface area contributed by atoms with Crippen molar-refractivity contribution in [2.45, 2.75) is 6.92 Å². The number of nitrogens with one attached hydrogen (secondary N) is 1. The van der Waals surface area contributed by atoms with E-state index in [2.05, 4.69) is 0 Å². The molecule has 0 bridgehead atoms. The molecule has 0 aromatic carbocycles. The zero-order valence-corrected chi connectivity index (χ0v) is 7.18. The van der Waals surface area contributed by atoms with Crippen LogP contribution in [0.15, 0.2) is 0 Å². The molecule has 1 N–H and O–H groups in total. The minimum absolute atomic E-state index is 0.0587. The highest BCUT2D eigenvalue weighted by Crippen LogP contribution is 1.82. The summed E-state index contributed by atoms with van der Waals surface area (Å²) >= 11 is 0. The summed E-state index contributed by atoms with van der Waals surface area (Å²) in [6.45, 7) is 1.93. The second-order valence-electron chi connectivity index (χ2n) is 2.56. The maximum Gasteiger partial charge on any atom is 0.248 e. The summed E-state index contributed by atoms with van der Waals surface area (Å²) in [5.41, 5.74) is 0.427. The summed E-state index contributed by atoms with van der Waals surface area (Å²) in [6, 6.07) is 0. The Hall–Kier alpha value is -0.900. The first kappa shape index (κ1) is 10.1. The van der Waals surface area contributed by atoms with Crippen molar-refractivity contribution >= 4 is 11.6 Å². The molecular formula is C7H14N2O2. The van der Waals surface area contributed by atoms with E-state index >= 15 is 0 Å². The molecule has 0 atom stereocenters. The minimum atomic E-state index is -0.0775. The molecule has 0 rings (SSSR count). The molecule has 0 saturated heterocycles. The van der Waals surface area contributed by atoms with Crippen molar-refractivity contribution in [3.05, 3.63) is 0 Å². The molecule has 0 spiro atoms. The second-order valence-corrected chi connectivity index (χ2v) is 2.56. The van der Waals surface area contributed by atoms with Crippen LogP contribution in [-0.4, -0.2) is 43.8 Å². The predicted molar refractivity (Wildman–Crippen MR) is 42.9 cm³/mol. The van der Waals surface area contributed by atoms with Crippen LogP contribution in [0.1, 0.15) is 6.92 Å². The summed E-state index contributed by atoms with van der Waals surface area (Å²) < 4.78 is 4.90. The lowest BCUT2D eigenvalue weighted by atomic mass is 10.5. The van der Waals surface area contributed by atoms with Crippen molar-refractivity contribution in [3.8, 4) is 0 Å². The first-order valence-corrected chi connectivity index (χ1v) is 3.36. The zero-order valence-electron chi connectivity index (χ0n) is 7.18. The molecule has 0 radical (unpaired) electrons. The zero-order chi connectivity index (χ0) is 8.85. The van der Waals surface area contributed by atoms with Crippen molar-refractivity contribution in [3.63, 3.8) is 0 Å². The van der Waals surface area contributed by atoms with Gasteiger partial charge in [0.1, 0.15) is 6.61 Å². The molecule has 0 aromatic heterocycles. The van der Waals surface area contributed by atoms with E-state index in [0.717, 1.165) is 0 Å². The molecule has 0 heterocycles. The van der Waals surface area contributed by atoms with Crippen LogP contribution in [0.5, 0.6) is 0 Å². The first-order chi connectivity index (χ1) is 5.04. The van der Waals surface area contributed by atoms with E-state index in [4.69, 9.17) is 10.1 Å². The lowest BCUT2D eigenvalue weighted by Crippen LogP contribution is -2.27.